The van der Waals surface area contributed by atoms with E-state index in [1.807, 2.05) is 36.5 Å². The van der Waals surface area contributed by atoms with E-state index in [-0.39, 0.29) is 0 Å². The highest BCUT2D eigenvalue weighted by atomic mass is 35.5. The minimum atomic E-state index is 0.464. The van der Waals surface area contributed by atoms with E-state index in [0.29, 0.717) is 11.6 Å². The van der Waals surface area contributed by atoms with Crippen molar-refractivity contribution in [2.45, 2.75) is 6.54 Å². The maximum absolute atomic E-state index is 6.08. The van der Waals surface area contributed by atoms with Crippen molar-refractivity contribution < 1.29 is 0 Å². The van der Waals surface area contributed by atoms with Gasteiger partial charge in [0.15, 0.2) is 0 Å². The standard InChI is InChI=1S/C12H11ClN2/c13-12-6-9(3-4-10(12)7-14)11-2-1-5-15-8-11/h1-6,8H,7,14H2. The van der Waals surface area contributed by atoms with Crippen molar-refractivity contribution in [3.8, 4) is 11.1 Å². The summed E-state index contributed by atoms with van der Waals surface area (Å²) in [5.41, 5.74) is 8.62. The monoisotopic (exact) mass is 218 g/mol. The molecule has 3 heteroatoms. The van der Waals surface area contributed by atoms with Gasteiger partial charge in [-0.25, -0.2) is 0 Å². The van der Waals surface area contributed by atoms with Crippen LogP contribution in [0.2, 0.25) is 5.02 Å². The van der Waals surface area contributed by atoms with E-state index < -0.39 is 0 Å². The molecule has 1 aromatic carbocycles. The molecule has 0 aliphatic rings. The number of hydrogen-bond donors (Lipinski definition) is 1. The van der Waals surface area contributed by atoms with Gasteiger partial charge in [-0.3, -0.25) is 4.98 Å². The highest BCUT2D eigenvalue weighted by Crippen LogP contribution is 2.24. The van der Waals surface area contributed by atoms with E-state index in [9.17, 15) is 0 Å². The lowest BCUT2D eigenvalue weighted by Gasteiger charge is -2.04. The fourth-order valence-corrected chi connectivity index (χ4v) is 1.68. The third-order valence-electron chi connectivity index (χ3n) is 2.27. The first-order valence-corrected chi connectivity index (χ1v) is 5.08. The Balaban J connectivity index is 2.43. The second-order valence-electron chi connectivity index (χ2n) is 3.25. The first kappa shape index (κ1) is 10.1. The van der Waals surface area contributed by atoms with E-state index in [1.54, 1.807) is 6.20 Å². The summed E-state index contributed by atoms with van der Waals surface area (Å²) in [4.78, 5) is 4.07. The van der Waals surface area contributed by atoms with E-state index in [1.165, 1.54) is 0 Å². The average Bonchev–Trinajstić information content (AvgIpc) is 2.30. The van der Waals surface area contributed by atoms with Crippen LogP contribution < -0.4 is 5.73 Å². The summed E-state index contributed by atoms with van der Waals surface area (Å²) in [6.45, 7) is 0.464. The number of rotatable bonds is 2. The molecule has 76 valence electrons. The number of benzene rings is 1. The predicted octanol–water partition coefficient (Wildman–Crippen LogP) is 2.86. The summed E-state index contributed by atoms with van der Waals surface area (Å²) in [6.07, 6.45) is 3.56. The van der Waals surface area contributed by atoms with Crippen LogP contribution in [0.25, 0.3) is 11.1 Å². The van der Waals surface area contributed by atoms with Gasteiger partial charge in [0.1, 0.15) is 0 Å². The Bertz CT molecular complexity index is 454. The minimum Gasteiger partial charge on any atom is -0.326 e. The highest BCUT2D eigenvalue weighted by molar-refractivity contribution is 6.31. The lowest BCUT2D eigenvalue weighted by atomic mass is 10.1. The summed E-state index contributed by atoms with van der Waals surface area (Å²) in [5, 5.41) is 0.707. The first-order valence-electron chi connectivity index (χ1n) is 4.70. The van der Waals surface area contributed by atoms with Crippen molar-refractivity contribution >= 4 is 11.6 Å². The molecule has 0 unspecified atom stereocenters. The molecular formula is C12H11ClN2. The molecular weight excluding hydrogens is 208 g/mol. The largest absolute Gasteiger partial charge is 0.326 e. The van der Waals surface area contributed by atoms with Gasteiger partial charge in [-0.2, -0.15) is 0 Å². The Hall–Kier alpha value is -1.38. The molecule has 0 fully saturated rings. The van der Waals surface area contributed by atoms with Crippen molar-refractivity contribution in [2.24, 2.45) is 5.73 Å². The van der Waals surface area contributed by atoms with Crippen molar-refractivity contribution in [1.82, 2.24) is 4.98 Å². The van der Waals surface area contributed by atoms with Crippen LogP contribution in [0.15, 0.2) is 42.7 Å². The topological polar surface area (TPSA) is 38.9 Å². The van der Waals surface area contributed by atoms with Crippen molar-refractivity contribution in [3.05, 3.63) is 53.3 Å². The van der Waals surface area contributed by atoms with Crippen LogP contribution in [0.1, 0.15) is 5.56 Å². The van der Waals surface area contributed by atoms with E-state index in [2.05, 4.69) is 4.98 Å². The number of halogens is 1. The maximum Gasteiger partial charge on any atom is 0.0457 e. The number of nitrogens with two attached hydrogens (primary N) is 1. The second-order valence-corrected chi connectivity index (χ2v) is 3.66. The Morgan fingerprint density at radius 1 is 1.20 bits per heavy atom. The van der Waals surface area contributed by atoms with Gasteiger partial charge in [0, 0.05) is 29.5 Å². The van der Waals surface area contributed by atoms with Crippen molar-refractivity contribution in [3.63, 3.8) is 0 Å². The number of pyridine rings is 1. The molecule has 0 spiro atoms. The third kappa shape index (κ3) is 2.17. The van der Waals surface area contributed by atoms with Crippen LogP contribution in [0.5, 0.6) is 0 Å². The molecule has 0 aliphatic carbocycles. The molecule has 0 atom stereocenters. The summed E-state index contributed by atoms with van der Waals surface area (Å²) >= 11 is 6.08. The molecule has 0 aliphatic heterocycles. The van der Waals surface area contributed by atoms with Gasteiger partial charge in [-0.05, 0) is 23.3 Å². The molecule has 0 saturated carbocycles. The molecule has 1 heterocycles. The predicted molar refractivity (Wildman–Crippen MR) is 62.6 cm³/mol. The summed E-state index contributed by atoms with van der Waals surface area (Å²) in [6, 6.07) is 9.78. The molecule has 2 rings (SSSR count). The smallest absolute Gasteiger partial charge is 0.0457 e. The molecule has 0 saturated heterocycles. The minimum absolute atomic E-state index is 0.464. The first-order chi connectivity index (χ1) is 7.31. The second kappa shape index (κ2) is 4.43. The normalized spacial score (nSPS) is 10.3. The van der Waals surface area contributed by atoms with Gasteiger partial charge in [-0.15, -0.1) is 0 Å². The quantitative estimate of drug-likeness (QED) is 0.842. The zero-order valence-electron chi connectivity index (χ0n) is 8.15. The SMILES string of the molecule is NCc1ccc(-c2cccnc2)cc1Cl. The van der Waals surface area contributed by atoms with Gasteiger partial charge in [0.05, 0.1) is 0 Å². The van der Waals surface area contributed by atoms with E-state index >= 15 is 0 Å². The third-order valence-corrected chi connectivity index (χ3v) is 2.62. The average molecular weight is 219 g/mol. The van der Waals surface area contributed by atoms with E-state index in [0.717, 1.165) is 16.7 Å². The number of aromatic nitrogens is 1. The molecule has 0 amide bonds. The van der Waals surface area contributed by atoms with Crippen LogP contribution >= 0.6 is 11.6 Å². The Morgan fingerprint density at radius 2 is 2.07 bits per heavy atom. The number of hydrogen-bond acceptors (Lipinski definition) is 2. The lowest BCUT2D eigenvalue weighted by Crippen LogP contribution is -1.96. The number of nitrogens with zero attached hydrogens (tertiary/aromatic N) is 1. The van der Waals surface area contributed by atoms with Gasteiger partial charge in [-0.1, -0.05) is 29.8 Å². The fourth-order valence-electron chi connectivity index (χ4n) is 1.43. The maximum atomic E-state index is 6.08. The zero-order chi connectivity index (χ0) is 10.7. The van der Waals surface area contributed by atoms with Crippen molar-refractivity contribution in [1.29, 1.82) is 0 Å². The van der Waals surface area contributed by atoms with Gasteiger partial charge < -0.3 is 5.73 Å². The summed E-state index contributed by atoms with van der Waals surface area (Å²) in [7, 11) is 0. The fraction of sp³-hybridized carbons (Fsp3) is 0.0833. The van der Waals surface area contributed by atoms with Crippen LogP contribution in [-0.2, 0) is 6.54 Å². The Morgan fingerprint density at radius 3 is 2.67 bits per heavy atom. The highest BCUT2D eigenvalue weighted by Gasteiger charge is 2.01. The van der Waals surface area contributed by atoms with Gasteiger partial charge >= 0.3 is 0 Å². The Labute approximate surface area is 93.7 Å². The lowest BCUT2D eigenvalue weighted by molar-refractivity contribution is 1.07. The van der Waals surface area contributed by atoms with Crippen LogP contribution in [0.3, 0.4) is 0 Å². The molecule has 0 radical (unpaired) electrons. The van der Waals surface area contributed by atoms with Crippen LogP contribution in [0, 0.1) is 0 Å². The summed E-state index contributed by atoms with van der Waals surface area (Å²) < 4.78 is 0. The molecule has 15 heavy (non-hydrogen) atoms. The molecule has 2 nitrogen and oxygen atoms in total. The molecule has 0 bridgehead atoms. The molecule has 2 N–H and O–H groups in total. The molecule has 1 aromatic heterocycles. The van der Waals surface area contributed by atoms with Gasteiger partial charge in [0.25, 0.3) is 0 Å². The van der Waals surface area contributed by atoms with Crippen molar-refractivity contribution in [2.75, 3.05) is 0 Å². The zero-order valence-corrected chi connectivity index (χ0v) is 8.91. The van der Waals surface area contributed by atoms with Gasteiger partial charge in [0.2, 0.25) is 0 Å². The van der Waals surface area contributed by atoms with Crippen LogP contribution in [-0.4, -0.2) is 4.98 Å². The Kier molecular flexibility index (Phi) is 2.99. The molecule has 2 aromatic rings. The van der Waals surface area contributed by atoms with E-state index in [4.69, 9.17) is 17.3 Å². The summed E-state index contributed by atoms with van der Waals surface area (Å²) in [5.74, 6) is 0. The van der Waals surface area contributed by atoms with Crippen LogP contribution in [0.4, 0.5) is 0 Å².